The van der Waals surface area contributed by atoms with E-state index in [2.05, 4.69) is 6.07 Å². The standard InChI is InChI=1S/C11H14O2/c1-8-2-3-10-9(6-8)4-5-11(10,13)7-12/h2-3,6,12-13H,4-5,7H2,1H3. The van der Waals surface area contributed by atoms with E-state index in [-0.39, 0.29) is 6.61 Å². The maximum atomic E-state index is 9.99. The van der Waals surface area contributed by atoms with Crippen LogP contribution >= 0.6 is 0 Å². The molecule has 2 N–H and O–H groups in total. The molecule has 2 rings (SSSR count). The summed E-state index contributed by atoms with van der Waals surface area (Å²) in [5.41, 5.74) is 2.31. The van der Waals surface area contributed by atoms with Crippen LogP contribution in [0.1, 0.15) is 23.1 Å². The highest BCUT2D eigenvalue weighted by Gasteiger charge is 2.35. The second-order valence-electron chi connectivity index (χ2n) is 3.85. The molecule has 1 atom stereocenters. The fourth-order valence-electron chi connectivity index (χ4n) is 2.02. The molecular formula is C11H14O2. The van der Waals surface area contributed by atoms with Crippen molar-refractivity contribution in [3.8, 4) is 0 Å². The lowest BCUT2D eigenvalue weighted by Gasteiger charge is -2.20. The van der Waals surface area contributed by atoms with E-state index in [9.17, 15) is 5.11 Å². The van der Waals surface area contributed by atoms with Crippen LogP contribution in [0.25, 0.3) is 0 Å². The lowest BCUT2D eigenvalue weighted by molar-refractivity contribution is -0.0171. The monoisotopic (exact) mass is 178 g/mol. The minimum absolute atomic E-state index is 0.178. The molecule has 0 radical (unpaired) electrons. The van der Waals surface area contributed by atoms with Crippen molar-refractivity contribution in [1.82, 2.24) is 0 Å². The molecular weight excluding hydrogens is 164 g/mol. The highest BCUT2D eigenvalue weighted by Crippen LogP contribution is 2.36. The molecule has 0 spiro atoms. The molecule has 0 bridgehead atoms. The predicted molar refractivity (Wildman–Crippen MR) is 50.5 cm³/mol. The third-order valence-corrected chi connectivity index (χ3v) is 2.83. The van der Waals surface area contributed by atoms with Gasteiger partial charge < -0.3 is 10.2 Å². The molecule has 0 heterocycles. The smallest absolute Gasteiger partial charge is 0.113 e. The van der Waals surface area contributed by atoms with Gasteiger partial charge in [0.25, 0.3) is 0 Å². The topological polar surface area (TPSA) is 40.5 Å². The molecule has 2 heteroatoms. The fraction of sp³-hybridized carbons (Fsp3) is 0.455. The van der Waals surface area contributed by atoms with Gasteiger partial charge in [0, 0.05) is 0 Å². The molecule has 0 aliphatic heterocycles. The first-order valence-corrected chi connectivity index (χ1v) is 4.59. The molecule has 0 aromatic heterocycles. The van der Waals surface area contributed by atoms with E-state index >= 15 is 0 Å². The molecule has 0 fully saturated rings. The predicted octanol–water partition coefficient (Wildman–Crippen LogP) is 1.12. The Morgan fingerprint density at radius 1 is 1.46 bits per heavy atom. The summed E-state index contributed by atoms with van der Waals surface area (Å²) in [6.07, 6.45) is 1.51. The number of benzene rings is 1. The van der Waals surface area contributed by atoms with E-state index in [0.29, 0.717) is 6.42 Å². The van der Waals surface area contributed by atoms with Gasteiger partial charge in [-0.1, -0.05) is 23.8 Å². The first-order chi connectivity index (χ1) is 6.15. The number of hydrogen-bond acceptors (Lipinski definition) is 2. The van der Waals surface area contributed by atoms with Crippen LogP contribution in [0.3, 0.4) is 0 Å². The third kappa shape index (κ3) is 1.26. The van der Waals surface area contributed by atoms with Crippen LogP contribution < -0.4 is 0 Å². The van der Waals surface area contributed by atoms with Crippen molar-refractivity contribution in [1.29, 1.82) is 0 Å². The minimum atomic E-state index is -0.983. The molecule has 70 valence electrons. The number of fused-ring (bicyclic) bond motifs is 1. The van der Waals surface area contributed by atoms with Crippen molar-refractivity contribution in [2.75, 3.05) is 6.61 Å². The van der Waals surface area contributed by atoms with Gasteiger partial charge in [-0.3, -0.25) is 0 Å². The van der Waals surface area contributed by atoms with Crippen LogP contribution in [0.2, 0.25) is 0 Å². The van der Waals surface area contributed by atoms with Crippen molar-refractivity contribution >= 4 is 0 Å². The van der Waals surface area contributed by atoms with Gasteiger partial charge >= 0.3 is 0 Å². The molecule has 2 nitrogen and oxygen atoms in total. The number of hydrogen-bond donors (Lipinski definition) is 2. The van der Waals surface area contributed by atoms with E-state index in [0.717, 1.165) is 12.0 Å². The molecule has 13 heavy (non-hydrogen) atoms. The van der Waals surface area contributed by atoms with E-state index < -0.39 is 5.60 Å². The van der Waals surface area contributed by atoms with Crippen molar-refractivity contribution < 1.29 is 10.2 Å². The molecule has 0 saturated heterocycles. The number of aliphatic hydroxyl groups is 2. The first-order valence-electron chi connectivity index (χ1n) is 4.59. The SMILES string of the molecule is Cc1ccc2c(c1)CCC2(O)CO. The molecule has 1 aromatic carbocycles. The summed E-state index contributed by atoms with van der Waals surface area (Å²) in [6, 6.07) is 5.99. The average Bonchev–Trinajstić information content (AvgIpc) is 2.45. The lowest BCUT2D eigenvalue weighted by atomic mass is 9.96. The number of rotatable bonds is 1. The van der Waals surface area contributed by atoms with Gasteiger partial charge in [-0.15, -0.1) is 0 Å². The summed E-state index contributed by atoms with van der Waals surface area (Å²) in [4.78, 5) is 0. The zero-order valence-corrected chi connectivity index (χ0v) is 7.75. The van der Waals surface area contributed by atoms with E-state index in [4.69, 9.17) is 5.11 Å². The Labute approximate surface area is 77.8 Å². The molecule has 1 aliphatic carbocycles. The Bertz CT molecular complexity index is 333. The van der Waals surface area contributed by atoms with Gasteiger partial charge in [0.15, 0.2) is 0 Å². The second-order valence-corrected chi connectivity index (χ2v) is 3.85. The third-order valence-electron chi connectivity index (χ3n) is 2.83. The normalized spacial score (nSPS) is 26.1. The Morgan fingerprint density at radius 3 is 2.92 bits per heavy atom. The summed E-state index contributed by atoms with van der Waals surface area (Å²) in [5, 5.41) is 19.1. The van der Waals surface area contributed by atoms with Crippen LogP contribution in [0.15, 0.2) is 18.2 Å². The number of aryl methyl sites for hydroxylation is 2. The maximum Gasteiger partial charge on any atom is 0.113 e. The number of aliphatic hydroxyl groups excluding tert-OH is 1. The Kier molecular flexibility index (Phi) is 1.90. The van der Waals surface area contributed by atoms with E-state index in [1.54, 1.807) is 0 Å². The Morgan fingerprint density at radius 2 is 2.23 bits per heavy atom. The Balaban J connectivity index is 2.49. The summed E-state index contributed by atoms with van der Waals surface area (Å²) >= 11 is 0. The zero-order chi connectivity index (χ0) is 9.47. The summed E-state index contributed by atoms with van der Waals surface area (Å²) in [7, 11) is 0. The zero-order valence-electron chi connectivity index (χ0n) is 7.75. The van der Waals surface area contributed by atoms with Crippen LogP contribution in [0.5, 0.6) is 0 Å². The van der Waals surface area contributed by atoms with Crippen molar-refractivity contribution in [3.63, 3.8) is 0 Å². The van der Waals surface area contributed by atoms with Gasteiger partial charge in [0.05, 0.1) is 6.61 Å². The van der Waals surface area contributed by atoms with Gasteiger partial charge in [-0.25, -0.2) is 0 Å². The molecule has 1 aromatic rings. The van der Waals surface area contributed by atoms with Crippen molar-refractivity contribution in [2.45, 2.75) is 25.4 Å². The highest BCUT2D eigenvalue weighted by molar-refractivity contribution is 5.39. The average molecular weight is 178 g/mol. The van der Waals surface area contributed by atoms with Crippen LogP contribution in [-0.2, 0) is 12.0 Å². The molecule has 1 unspecified atom stereocenters. The largest absolute Gasteiger partial charge is 0.393 e. The fourth-order valence-corrected chi connectivity index (χ4v) is 2.02. The molecule has 1 aliphatic rings. The van der Waals surface area contributed by atoms with Gasteiger partial charge in [0.2, 0.25) is 0 Å². The Hall–Kier alpha value is -0.860. The minimum Gasteiger partial charge on any atom is -0.393 e. The van der Waals surface area contributed by atoms with Crippen LogP contribution in [-0.4, -0.2) is 16.8 Å². The highest BCUT2D eigenvalue weighted by atomic mass is 16.3. The van der Waals surface area contributed by atoms with Crippen LogP contribution in [0.4, 0.5) is 0 Å². The second kappa shape index (κ2) is 2.82. The summed E-state index contributed by atoms with van der Waals surface area (Å²) in [5.74, 6) is 0. The lowest BCUT2D eigenvalue weighted by Crippen LogP contribution is -2.26. The van der Waals surface area contributed by atoms with Crippen LogP contribution in [0, 0.1) is 6.92 Å². The van der Waals surface area contributed by atoms with Gasteiger partial charge in [-0.05, 0) is 30.9 Å². The first kappa shape index (κ1) is 8.73. The van der Waals surface area contributed by atoms with E-state index in [1.165, 1.54) is 11.1 Å². The quantitative estimate of drug-likeness (QED) is 0.676. The van der Waals surface area contributed by atoms with E-state index in [1.807, 2.05) is 19.1 Å². The molecule has 0 saturated carbocycles. The van der Waals surface area contributed by atoms with Crippen molar-refractivity contribution in [3.05, 3.63) is 34.9 Å². The van der Waals surface area contributed by atoms with Gasteiger partial charge in [-0.2, -0.15) is 0 Å². The summed E-state index contributed by atoms with van der Waals surface area (Å²) in [6.45, 7) is 1.86. The van der Waals surface area contributed by atoms with Gasteiger partial charge in [0.1, 0.15) is 5.60 Å². The van der Waals surface area contributed by atoms with Crippen molar-refractivity contribution in [2.24, 2.45) is 0 Å². The summed E-state index contributed by atoms with van der Waals surface area (Å²) < 4.78 is 0. The molecule has 0 amide bonds. The maximum absolute atomic E-state index is 9.99.